The fourth-order valence-electron chi connectivity index (χ4n) is 4.22. The molecule has 0 bridgehead atoms. The maximum atomic E-state index is 11.9. The Labute approximate surface area is 153 Å². The van der Waals surface area contributed by atoms with E-state index in [2.05, 4.69) is 76.4 Å². The van der Waals surface area contributed by atoms with Crippen LogP contribution in [0.5, 0.6) is 0 Å². The third-order valence-electron chi connectivity index (χ3n) is 5.36. The minimum absolute atomic E-state index is 0.0369. The van der Waals surface area contributed by atoms with Crippen LogP contribution in [0.4, 0.5) is 0 Å². The van der Waals surface area contributed by atoms with Crippen molar-refractivity contribution >= 4 is 5.97 Å². The number of piperidine rings is 1. The summed E-state index contributed by atoms with van der Waals surface area (Å²) in [5.74, 6) is 0.178. The van der Waals surface area contributed by atoms with Gasteiger partial charge in [-0.15, -0.1) is 0 Å². The van der Waals surface area contributed by atoms with E-state index in [0.29, 0.717) is 11.5 Å². The highest BCUT2D eigenvalue weighted by Gasteiger charge is 2.46. The third kappa shape index (κ3) is 4.72. The van der Waals surface area contributed by atoms with Crippen molar-refractivity contribution in [3.8, 4) is 0 Å². The van der Waals surface area contributed by atoms with Crippen LogP contribution in [-0.4, -0.2) is 34.6 Å². The fourth-order valence-corrected chi connectivity index (χ4v) is 4.22. The molecule has 25 heavy (non-hydrogen) atoms. The van der Waals surface area contributed by atoms with Gasteiger partial charge in [0.2, 0.25) is 0 Å². The van der Waals surface area contributed by atoms with E-state index in [1.165, 1.54) is 5.56 Å². The van der Waals surface area contributed by atoms with E-state index in [-0.39, 0.29) is 23.2 Å². The fraction of sp³-hybridized carbons (Fsp3) is 0.591. The lowest BCUT2D eigenvalue weighted by atomic mass is 9.77. The molecule has 1 aliphatic rings. The van der Waals surface area contributed by atoms with Gasteiger partial charge in [0.05, 0.1) is 0 Å². The SMILES string of the molecule is C=C(C)C(=O)OC1CC(C)(C)N(CC(C)c2ccccc2)C(C)(C)C1. The maximum absolute atomic E-state index is 11.9. The number of ether oxygens (including phenoxy) is 1. The van der Waals surface area contributed by atoms with Crippen molar-refractivity contribution in [1.29, 1.82) is 0 Å². The van der Waals surface area contributed by atoms with Crippen molar-refractivity contribution < 1.29 is 9.53 Å². The number of hydrogen-bond acceptors (Lipinski definition) is 3. The van der Waals surface area contributed by atoms with Gasteiger partial charge in [-0.25, -0.2) is 4.79 Å². The minimum atomic E-state index is -0.275. The molecule has 0 saturated carbocycles. The van der Waals surface area contributed by atoms with Crippen molar-refractivity contribution in [2.24, 2.45) is 0 Å². The predicted octanol–water partition coefficient (Wildman–Crippen LogP) is 4.93. The van der Waals surface area contributed by atoms with Crippen molar-refractivity contribution in [3.63, 3.8) is 0 Å². The average molecular weight is 344 g/mol. The smallest absolute Gasteiger partial charge is 0.333 e. The van der Waals surface area contributed by atoms with E-state index in [4.69, 9.17) is 4.74 Å². The molecule has 3 heteroatoms. The Kier molecular flexibility index (Phi) is 5.78. The standard InChI is InChI=1S/C22H33NO2/c1-16(2)20(24)25-19-13-21(4,5)23(22(6,7)14-19)15-17(3)18-11-9-8-10-12-18/h8-12,17,19H,1,13-15H2,2-7H3. The highest BCUT2D eigenvalue weighted by atomic mass is 16.5. The Morgan fingerprint density at radius 2 is 1.72 bits per heavy atom. The van der Waals surface area contributed by atoms with Crippen molar-refractivity contribution in [1.82, 2.24) is 4.90 Å². The van der Waals surface area contributed by atoms with Crippen molar-refractivity contribution in [2.75, 3.05) is 6.54 Å². The Morgan fingerprint density at radius 1 is 1.20 bits per heavy atom. The summed E-state index contributed by atoms with van der Waals surface area (Å²) in [5.41, 5.74) is 1.76. The number of nitrogens with zero attached hydrogens (tertiary/aromatic N) is 1. The molecule has 0 amide bonds. The molecule has 1 atom stereocenters. The van der Waals surface area contributed by atoms with Gasteiger partial charge in [-0.1, -0.05) is 43.8 Å². The van der Waals surface area contributed by atoms with Crippen LogP contribution in [0.1, 0.15) is 65.9 Å². The van der Waals surface area contributed by atoms with Crippen LogP contribution in [-0.2, 0) is 9.53 Å². The summed E-state index contributed by atoms with van der Waals surface area (Å²) in [6.07, 6.45) is 1.63. The zero-order valence-electron chi connectivity index (χ0n) is 16.6. The summed E-state index contributed by atoms with van der Waals surface area (Å²) in [6, 6.07) is 10.7. The third-order valence-corrected chi connectivity index (χ3v) is 5.36. The van der Waals surface area contributed by atoms with Gasteiger partial charge in [0.15, 0.2) is 0 Å². The largest absolute Gasteiger partial charge is 0.459 e. The second-order valence-corrected chi connectivity index (χ2v) is 8.76. The molecular weight excluding hydrogens is 310 g/mol. The molecule has 1 aromatic rings. The lowest BCUT2D eigenvalue weighted by Crippen LogP contribution is -2.63. The summed E-state index contributed by atoms with van der Waals surface area (Å²) in [6.45, 7) is 17.7. The van der Waals surface area contributed by atoms with E-state index < -0.39 is 0 Å². The quantitative estimate of drug-likeness (QED) is 0.561. The highest BCUT2D eigenvalue weighted by molar-refractivity contribution is 5.87. The zero-order chi connectivity index (χ0) is 18.8. The second kappa shape index (κ2) is 7.33. The first-order chi connectivity index (χ1) is 11.5. The molecule has 1 aliphatic heterocycles. The number of benzene rings is 1. The number of carbonyl (C=O) groups is 1. The molecule has 2 rings (SSSR count). The van der Waals surface area contributed by atoms with Gasteiger partial charge in [-0.05, 0) is 46.1 Å². The van der Waals surface area contributed by atoms with Crippen LogP contribution in [0.25, 0.3) is 0 Å². The van der Waals surface area contributed by atoms with Crippen LogP contribution in [0.2, 0.25) is 0 Å². The molecule has 1 heterocycles. The number of likely N-dealkylation sites (tertiary alicyclic amines) is 1. The number of hydrogen-bond donors (Lipinski definition) is 0. The van der Waals surface area contributed by atoms with Gasteiger partial charge in [-0.3, -0.25) is 4.90 Å². The number of carbonyl (C=O) groups excluding carboxylic acids is 1. The molecule has 138 valence electrons. The van der Waals surface area contributed by atoms with E-state index in [0.717, 1.165) is 19.4 Å². The summed E-state index contributed by atoms with van der Waals surface area (Å²) in [5, 5.41) is 0. The van der Waals surface area contributed by atoms with Gasteiger partial charge in [0, 0.05) is 36.0 Å². The summed E-state index contributed by atoms with van der Waals surface area (Å²) >= 11 is 0. The molecule has 1 aromatic carbocycles. The lowest BCUT2D eigenvalue weighted by Gasteiger charge is -2.55. The molecular formula is C22H33NO2. The van der Waals surface area contributed by atoms with Crippen LogP contribution < -0.4 is 0 Å². The van der Waals surface area contributed by atoms with Crippen LogP contribution in [0, 0.1) is 0 Å². The Bertz CT molecular complexity index is 600. The molecule has 0 radical (unpaired) electrons. The van der Waals surface area contributed by atoms with Crippen LogP contribution in [0.3, 0.4) is 0 Å². The molecule has 0 aliphatic carbocycles. The molecule has 1 unspecified atom stereocenters. The van der Waals surface area contributed by atoms with E-state index in [1.54, 1.807) is 6.92 Å². The first-order valence-corrected chi connectivity index (χ1v) is 9.22. The molecule has 0 spiro atoms. The van der Waals surface area contributed by atoms with E-state index >= 15 is 0 Å². The Hall–Kier alpha value is -1.61. The minimum Gasteiger partial charge on any atom is -0.459 e. The Morgan fingerprint density at radius 3 is 2.20 bits per heavy atom. The molecule has 1 fully saturated rings. The van der Waals surface area contributed by atoms with Gasteiger partial charge in [0.25, 0.3) is 0 Å². The molecule has 1 saturated heterocycles. The van der Waals surface area contributed by atoms with Crippen LogP contribution >= 0.6 is 0 Å². The van der Waals surface area contributed by atoms with Gasteiger partial charge < -0.3 is 4.74 Å². The maximum Gasteiger partial charge on any atom is 0.333 e. The molecule has 0 N–H and O–H groups in total. The average Bonchev–Trinajstić information content (AvgIpc) is 2.50. The van der Waals surface area contributed by atoms with Crippen molar-refractivity contribution in [3.05, 3.63) is 48.0 Å². The summed E-state index contributed by atoms with van der Waals surface area (Å²) in [4.78, 5) is 14.5. The second-order valence-electron chi connectivity index (χ2n) is 8.76. The van der Waals surface area contributed by atoms with Gasteiger partial charge in [-0.2, -0.15) is 0 Å². The normalized spacial score (nSPS) is 21.5. The monoisotopic (exact) mass is 343 g/mol. The van der Waals surface area contributed by atoms with Gasteiger partial charge >= 0.3 is 5.97 Å². The Balaban J connectivity index is 2.14. The first kappa shape index (κ1) is 19.7. The van der Waals surface area contributed by atoms with E-state index in [1.807, 2.05) is 0 Å². The summed E-state index contributed by atoms with van der Waals surface area (Å²) < 4.78 is 5.70. The van der Waals surface area contributed by atoms with E-state index in [9.17, 15) is 4.79 Å². The molecule has 0 aromatic heterocycles. The number of rotatable bonds is 5. The highest BCUT2D eigenvalue weighted by Crippen LogP contribution is 2.41. The van der Waals surface area contributed by atoms with Crippen LogP contribution in [0.15, 0.2) is 42.5 Å². The first-order valence-electron chi connectivity index (χ1n) is 9.22. The van der Waals surface area contributed by atoms with Gasteiger partial charge in [0.1, 0.15) is 6.10 Å². The predicted molar refractivity (Wildman–Crippen MR) is 104 cm³/mol. The van der Waals surface area contributed by atoms with Crippen molar-refractivity contribution in [2.45, 2.75) is 77.5 Å². The zero-order valence-corrected chi connectivity index (χ0v) is 16.6. The molecule has 3 nitrogen and oxygen atoms in total. The number of esters is 1. The lowest BCUT2D eigenvalue weighted by molar-refractivity contribution is -0.156. The summed E-state index contributed by atoms with van der Waals surface area (Å²) in [7, 11) is 0. The topological polar surface area (TPSA) is 29.5 Å².